The minimum atomic E-state index is -1.41. The molecule has 3 amide bonds. The van der Waals surface area contributed by atoms with Gasteiger partial charge in [-0.1, -0.05) is 6.07 Å². The van der Waals surface area contributed by atoms with Gasteiger partial charge in [-0.2, -0.15) is 0 Å². The topological polar surface area (TPSA) is 128 Å². The van der Waals surface area contributed by atoms with E-state index < -0.39 is 24.1 Å². The third kappa shape index (κ3) is 5.49. The highest BCUT2D eigenvalue weighted by atomic mass is 16.4. The summed E-state index contributed by atoms with van der Waals surface area (Å²) in [5.74, 6) is -1.59. The summed E-state index contributed by atoms with van der Waals surface area (Å²) in [7, 11) is 0. The van der Waals surface area contributed by atoms with Gasteiger partial charge in [0, 0.05) is 18.3 Å². The average molecular weight is 295 g/mol. The fourth-order valence-electron chi connectivity index (χ4n) is 1.58. The third-order valence-electron chi connectivity index (χ3n) is 2.48. The molecule has 1 aromatic rings. The molecule has 21 heavy (non-hydrogen) atoms. The van der Waals surface area contributed by atoms with Crippen molar-refractivity contribution in [3.63, 3.8) is 0 Å². The number of aliphatic carboxylic acids is 1. The second kappa shape index (κ2) is 7.25. The van der Waals surface area contributed by atoms with E-state index in [1.165, 1.54) is 19.9 Å². The minimum absolute atomic E-state index is 0.253. The van der Waals surface area contributed by atoms with E-state index in [1.54, 1.807) is 18.2 Å². The van der Waals surface area contributed by atoms with Gasteiger partial charge in [0.15, 0.2) is 6.04 Å². The van der Waals surface area contributed by atoms with Gasteiger partial charge in [-0.05, 0) is 25.1 Å². The molecule has 5 N–H and O–H groups in total. The van der Waals surface area contributed by atoms with Crippen LogP contribution in [0.5, 0.6) is 0 Å². The Morgan fingerprint density at radius 1 is 1.14 bits per heavy atom. The zero-order chi connectivity index (χ0) is 16.0. The second-order valence-corrected chi connectivity index (χ2v) is 4.42. The fraction of sp³-hybridized carbons (Fsp3) is 0.308. The summed E-state index contributed by atoms with van der Waals surface area (Å²) in [5.41, 5.74) is 0.860. The summed E-state index contributed by atoms with van der Waals surface area (Å²) >= 11 is 0. The molecule has 0 radical (unpaired) electrons. The van der Waals surface area contributed by atoms with Crippen molar-refractivity contribution in [1.82, 2.24) is 5.32 Å². The predicted octanol–water partition coefficient (Wildman–Crippen LogP) is 0.600. The van der Waals surface area contributed by atoms with Crippen molar-refractivity contribution in [1.29, 1.82) is 0 Å². The first-order valence-electron chi connectivity index (χ1n) is 6.15. The quantitative estimate of drug-likeness (QED) is 0.543. The number of hydrogen-bond acceptors (Lipinski definition) is 4. The molecule has 0 bridgehead atoms. The normalized spacial score (nSPS) is 12.9. The molecule has 0 fully saturated rings. The molecular formula is C13H17N3O5. The molecule has 0 aliphatic heterocycles. The zero-order valence-corrected chi connectivity index (χ0v) is 11.6. The number of aliphatic hydroxyl groups is 1. The number of nitrogens with one attached hydrogen (secondary N) is 3. The summed E-state index contributed by atoms with van der Waals surface area (Å²) in [6, 6.07) is 4.15. The van der Waals surface area contributed by atoms with Gasteiger partial charge in [-0.15, -0.1) is 0 Å². The van der Waals surface area contributed by atoms with Crippen LogP contribution in [0.3, 0.4) is 0 Å². The van der Waals surface area contributed by atoms with Crippen LogP contribution in [-0.4, -0.2) is 40.3 Å². The van der Waals surface area contributed by atoms with Gasteiger partial charge in [-0.25, -0.2) is 9.59 Å². The van der Waals surface area contributed by atoms with Gasteiger partial charge in [0.1, 0.15) is 0 Å². The molecule has 8 heteroatoms. The summed E-state index contributed by atoms with van der Waals surface area (Å²) < 4.78 is 0. The van der Waals surface area contributed by atoms with Crippen LogP contribution in [0.4, 0.5) is 16.2 Å². The van der Waals surface area contributed by atoms with E-state index in [2.05, 4.69) is 16.0 Å². The summed E-state index contributed by atoms with van der Waals surface area (Å²) in [6.45, 7) is 2.61. The highest BCUT2D eigenvalue weighted by Gasteiger charge is 2.24. The number of benzene rings is 1. The van der Waals surface area contributed by atoms with Crippen LogP contribution < -0.4 is 16.0 Å². The molecule has 0 saturated heterocycles. The zero-order valence-electron chi connectivity index (χ0n) is 11.6. The largest absolute Gasteiger partial charge is 0.480 e. The third-order valence-corrected chi connectivity index (χ3v) is 2.48. The Kier molecular flexibility index (Phi) is 5.67. The number of urea groups is 1. The molecular weight excluding hydrogens is 278 g/mol. The van der Waals surface area contributed by atoms with Crippen molar-refractivity contribution in [2.45, 2.75) is 26.0 Å². The Morgan fingerprint density at radius 3 is 2.19 bits per heavy atom. The van der Waals surface area contributed by atoms with Crippen molar-refractivity contribution < 1.29 is 24.6 Å². The van der Waals surface area contributed by atoms with Crippen molar-refractivity contribution in [2.24, 2.45) is 0 Å². The molecule has 0 spiro atoms. The number of anilines is 2. The monoisotopic (exact) mass is 295 g/mol. The maximum Gasteiger partial charge on any atom is 0.328 e. The van der Waals surface area contributed by atoms with Crippen molar-refractivity contribution in [3.05, 3.63) is 24.3 Å². The molecule has 0 heterocycles. The van der Waals surface area contributed by atoms with Crippen LogP contribution in [0.1, 0.15) is 13.8 Å². The summed E-state index contributed by atoms with van der Waals surface area (Å²) in [6.07, 6.45) is -1.24. The molecule has 2 atom stereocenters. The summed E-state index contributed by atoms with van der Waals surface area (Å²) in [4.78, 5) is 33.5. The molecule has 0 aliphatic rings. The lowest BCUT2D eigenvalue weighted by Gasteiger charge is -2.17. The van der Waals surface area contributed by atoms with Gasteiger partial charge in [0.2, 0.25) is 5.91 Å². The molecule has 0 aliphatic carbocycles. The van der Waals surface area contributed by atoms with Crippen LogP contribution >= 0.6 is 0 Å². The van der Waals surface area contributed by atoms with Crippen LogP contribution in [-0.2, 0) is 9.59 Å². The number of carbonyl (C=O) groups excluding carboxylic acids is 2. The van der Waals surface area contributed by atoms with E-state index >= 15 is 0 Å². The lowest BCUT2D eigenvalue weighted by molar-refractivity contribution is -0.141. The first-order valence-corrected chi connectivity index (χ1v) is 6.15. The molecule has 0 saturated carbocycles. The van der Waals surface area contributed by atoms with Crippen LogP contribution in [0.25, 0.3) is 0 Å². The number of aliphatic hydroxyl groups excluding tert-OH is 1. The Hall–Kier alpha value is -2.61. The number of carbonyl (C=O) groups is 3. The maximum atomic E-state index is 11.7. The SMILES string of the molecule is CC(=O)Nc1cccc(NC(=O)N[C@H](C(=O)O)[C@@H](C)O)c1. The molecule has 1 rings (SSSR count). The minimum Gasteiger partial charge on any atom is -0.480 e. The lowest BCUT2D eigenvalue weighted by Crippen LogP contribution is -2.49. The van der Waals surface area contributed by atoms with Crippen LogP contribution in [0, 0.1) is 0 Å². The van der Waals surface area contributed by atoms with Crippen molar-refractivity contribution >= 4 is 29.3 Å². The van der Waals surface area contributed by atoms with Gasteiger partial charge >= 0.3 is 12.0 Å². The van der Waals surface area contributed by atoms with E-state index in [-0.39, 0.29) is 5.91 Å². The number of rotatable bonds is 5. The fourth-order valence-corrected chi connectivity index (χ4v) is 1.58. The highest BCUT2D eigenvalue weighted by Crippen LogP contribution is 2.14. The molecule has 0 unspecified atom stereocenters. The predicted molar refractivity (Wildman–Crippen MR) is 76.0 cm³/mol. The number of carboxylic acids is 1. The summed E-state index contributed by atoms with van der Waals surface area (Å²) in [5, 5.41) is 25.2. The molecule has 0 aromatic heterocycles. The van der Waals surface area contributed by atoms with Crippen LogP contribution in [0.15, 0.2) is 24.3 Å². The van der Waals surface area contributed by atoms with E-state index in [0.717, 1.165) is 0 Å². The van der Waals surface area contributed by atoms with E-state index in [0.29, 0.717) is 11.4 Å². The van der Waals surface area contributed by atoms with Gasteiger partial charge in [0.25, 0.3) is 0 Å². The van der Waals surface area contributed by atoms with Crippen molar-refractivity contribution in [3.8, 4) is 0 Å². The van der Waals surface area contributed by atoms with Gasteiger partial charge < -0.3 is 26.2 Å². The molecule has 1 aromatic carbocycles. The van der Waals surface area contributed by atoms with Gasteiger partial charge in [-0.3, -0.25) is 4.79 Å². The Labute approximate surface area is 121 Å². The van der Waals surface area contributed by atoms with E-state index in [9.17, 15) is 19.5 Å². The van der Waals surface area contributed by atoms with E-state index in [4.69, 9.17) is 5.11 Å². The maximum absolute atomic E-state index is 11.7. The Morgan fingerprint density at radius 2 is 1.71 bits per heavy atom. The number of hydrogen-bond donors (Lipinski definition) is 5. The molecule has 114 valence electrons. The van der Waals surface area contributed by atoms with Crippen LogP contribution in [0.2, 0.25) is 0 Å². The smallest absolute Gasteiger partial charge is 0.328 e. The lowest BCUT2D eigenvalue weighted by atomic mass is 10.2. The first-order chi connectivity index (χ1) is 9.79. The van der Waals surface area contributed by atoms with E-state index in [1.807, 2.05) is 0 Å². The molecule has 8 nitrogen and oxygen atoms in total. The standard InChI is InChI=1S/C13H17N3O5/c1-7(17)11(12(19)20)16-13(21)15-10-5-3-4-9(6-10)14-8(2)18/h3-7,11,17H,1-2H3,(H,14,18)(H,19,20)(H2,15,16,21)/t7-,11+/m1/s1. The Balaban J connectivity index is 2.70. The van der Waals surface area contributed by atoms with Gasteiger partial charge in [0.05, 0.1) is 6.10 Å². The Bertz CT molecular complexity index is 544. The van der Waals surface area contributed by atoms with Crippen molar-refractivity contribution in [2.75, 3.05) is 10.6 Å². The number of carboxylic acid groups (broad SMARTS) is 1. The highest BCUT2D eigenvalue weighted by molar-refractivity contribution is 5.94. The second-order valence-electron chi connectivity index (χ2n) is 4.42. The number of amides is 3. The average Bonchev–Trinajstić information content (AvgIpc) is 2.34. The first kappa shape index (κ1) is 16.4.